The van der Waals surface area contributed by atoms with Gasteiger partial charge in [-0.15, -0.1) is 0 Å². The average molecular weight is 267 g/mol. The third-order valence-electron chi connectivity index (χ3n) is 2.25. The summed E-state index contributed by atoms with van der Waals surface area (Å²) in [7, 11) is 1.77. The van der Waals surface area contributed by atoms with Crippen LogP contribution in [0.1, 0.15) is 0 Å². The molecule has 0 fully saturated rings. The quantitative estimate of drug-likeness (QED) is 0.830. The molecule has 0 aliphatic rings. The topological polar surface area (TPSA) is 69.9 Å². The van der Waals surface area contributed by atoms with Gasteiger partial charge in [0.25, 0.3) is 0 Å². The summed E-state index contributed by atoms with van der Waals surface area (Å²) in [6.45, 7) is 0. The molecule has 1 aromatic carbocycles. The Morgan fingerprint density at radius 2 is 1.80 bits per heavy atom. The first kappa shape index (κ1) is 10.0. The monoisotopic (exact) mass is 266 g/mol. The predicted octanol–water partition coefficient (Wildman–Crippen LogP) is 2.01. The van der Waals surface area contributed by atoms with Crippen LogP contribution in [0.5, 0.6) is 0 Å². The lowest BCUT2D eigenvalue weighted by molar-refractivity contribution is 0.782. The van der Waals surface area contributed by atoms with Crippen LogP contribution in [0, 0.1) is 0 Å². The highest BCUT2D eigenvalue weighted by atomic mass is 79.9. The fraction of sp³-hybridized carbons (Fsp3) is 0.100. The van der Waals surface area contributed by atoms with Gasteiger partial charge in [0.15, 0.2) is 0 Å². The van der Waals surface area contributed by atoms with Crippen molar-refractivity contribution in [2.45, 2.75) is 0 Å². The molecule has 0 atom stereocenters. The number of anilines is 2. The lowest BCUT2D eigenvalue weighted by Gasteiger charge is -1.98. The number of halogens is 1. The summed E-state index contributed by atoms with van der Waals surface area (Å²) in [5.74, 6) is 0.493. The molecule has 0 saturated carbocycles. The van der Waals surface area contributed by atoms with Crippen molar-refractivity contribution in [1.29, 1.82) is 0 Å². The van der Waals surface area contributed by atoms with Gasteiger partial charge in [-0.2, -0.15) is 5.10 Å². The molecule has 1 aromatic heterocycles. The van der Waals surface area contributed by atoms with Crippen LogP contribution in [0.4, 0.5) is 11.5 Å². The summed E-state index contributed by atoms with van der Waals surface area (Å²) < 4.78 is 2.60. The Bertz CT molecular complexity index is 487. The highest BCUT2D eigenvalue weighted by Crippen LogP contribution is 2.29. The van der Waals surface area contributed by atoms with Crippen molar-refractivity contribution in [2.24, 2.45) is 7.05 Å². The number of aromatic nitrogens is 2. The number of hydrogen-bond acceptors (Lipinski definition) is 3. The van der Waals surface area contributed by atoms with Crippen molar-refractivity contribution in [3.63, 3.8) is 0 Å². The molecule has 0 radical (unpaired) electrons. The number of rotatable bonds is 1. The van der Waals surface area contributed by atoms with E-state index in [9.17, 15) is 0 Å². The van der Waals surface area contributed by atoms with Crippen LogP contribution in [0.3, 0.4) is 0 Å². The standard InChI is InChI=1S/C10H11BrN4/c1-15-10(13)8(12)9(14-15)6-2-4-7(11)5-3-6/h2-5H,12-13H2,1H3. The van der Waals surface area contributed by atoms with Gasteiger partial charge in [0.2, 0.25) is 0 Å². The van der Waals surface area contributed by atoms with Crippen molar-refractivity contribution in [3.05, 3.63) is 28.7 Å². The van der Waals surface area contributed by atoms with Crippen LogP contribution in [0.2, 0.25) is 0 Å². The highest BCUT2D eigenvalue weighted by molar-refractivity contribution is 9.10. The van der Waals surface area contributed by atoms with Crippen LogP contribution in [-0.2, 0) is 7.05 Å². The number of nitrogen functional groups attached to an aromatic ring is 2. The largest absolute Gasteiger partial charge is 0.394 e. The Morgan fingerprint density at radius 3 is 2.27 bits per heavy atom. The fourth-order valence-electron chi connectivity index (χ4n) is 1.37. The van der Waals surface area contributed by atoms with Crippen LogP contribution >= 0.6 is 15.9 Å². The summed E-state index contributed by atoms with van der Waals surface area (Å²) in [5, 5.41) is 4.26. The van der Waals surface area contributed by atoms with Gasteiger partial charge in [0, 0.05) is 17.1 Å². The zero-order valence-corrected chi connectivity index (χ0v) is 9.82. The molecule has 78 valence electrons. The van der Waals surface area contributed by atoms with Gasteiger partial charge in [0.05, 0.1) is 0 Å². The Labute approximate surface area is 96.0 Å². The second-order valence-corrected chi connectivity index (χ2v) is 4.19. The molecule has 0 aliphatic heterocycles. The van der Waals surface area contributed by atoms with Gasteiger partial charge in [0.1, 0.15) is 17.2 Å². The number of nitrogens with two attached hydrogens (primary N) is 2. The smallest absolute Gasteiger partial charge is 0.145 e. The molecule has 2 aromatic rings. The molecule has 1 heterocycles. The van der Waals surface area contributed by atoms with E-state index in [1.165, 1.54) is 0 Å². The van der Waals surface area contributed by atoms with E-state index in [4.69, 9.17) is 11.5 Å². The SMILES string of the molecule is Cn1nc(-c2ccc(Br)cc2)c(N)c1N. The molecule has 0 saturated heterocycles. The summed E-state index contributed by atoms with van der Waals surface area (Å²) in [6, 6.07) is 7.78. The Hall–Kier alpha value is -1.49. The van der Waals surface area contributed by atoms with Crippen LogP contribution in [-0.4, -0.2) is 9.78 Å². The number of nitrogens with zero attached hydrogens (tertiary/aromatic N) is 2. The first-order valence-corrected chi connectivity index (χ1v) is 5.23. The predicted molar refractivity (Wildman–Crippen MR) is 65.2 cm³/mol. The van der Waals surface area contributed by atoms with Crippen molar-refractivity contribution in [3.8, 4) is 11.3 Å². The molecule has 0 unspecified atom stereocenters. The average Bonchev–Trinajstić information content (AvgIpc) is 2.47. The minimum absolute atomic E-state index is 0.493. The van der Waals surface area contributed by atoms with Gasteiger partial charge >= 0.3 is 0 Å². The van der Waals surface area contributed by atoms with Gasteiger partial charge < -0.3 is 11.5 Å². The van der Waals surface area contributed by atoms with Gasteiger partial charge in [-0.05, 0) is 12.1 Å². The number of benzene rings is 1. The molecule has 0 spiro atoms. The Morgan fingerprint density at radius 1 is 1.20 bits per heavy atom. The van der Waals surface area contributed by atoms with E-state index in [1.807, 2.05) is 24.3 Å². The first-order valence-electron chi connectivity index (χ1n) is 4.43. The van der Waals surface area contributed by atoms with Gasteiger partial charge in [-0.25, -0.2) is 0 Å². The summed E-state index contributed by atoms with van der Waals surface area (Å²) in [5.41, 5.74) is 13.8. The molecule has 4 nitrogen and oxygen atoms in total. The lowest BCUT2D eigenvalue weighted by atomic mass is 10.1. The van der Waals surface area contributed by atoms with E-state index in [1.54, 1.807) is 11.7 Å². The van der Waals surface area contributed by atoms with E-state index in [0.717, 1.165) is 15.7 Å². The molecule has 0 bridgehead atoms. The maximum atomic E-state index is 5.85. The third-order valence-corrected chi connectivity index (χ3v) is 2.78. The van der Waals surface area contributed by atoms with Crippen molar-refractivity contribution < 1.29 is 0 Å². The Balaban J connectivity index is 2.54. The molecular weight excluding hydrogens is 256 g/mol. The zero-order valence-electron chi connectivity index (χ0n) is 8.24. The summed E-state index contributed by atoms with van der Waals surface area (Å²) >= 11 is 3.37. The molecule has 4 N–H and O–H groups in total. The fourth-order valence-corrected chi connectivity index (χ4v) is 1.64. The summed E-state index contributed by atoms with van der Waals surface area (Å²) in [4.78, 5) is 0. The summed E-state index contributed by atoms with van der Waals surface area (Å²) in [6.07, 6.45) is 0. The van der Waals surface area contributed by atoms with Crippen LogP contribution < -0.4 is 11.5 Å². The van der Waals surface area contributed by atoms with E-state index in [2.05, 4.69) is 21.0 Å². The molecule has 15 heavy (non-hydrogen) atoms. The van der Waals surface area contributed by atoms with Crippen molar-refractivity contribution in [2.75, 3.05) is 11.5 Å². The second kappa shape index (κ2) is 3.58. The maximum Gasteiger partial charge on any atom is 0.145 e. The van der Waals surface area contributed by atoms with Crippen LogP contribution in [0.15, 0.2) is 28.7 Å². The van der Waals surface area contributed by atoms with Crippen LogP contribution in [0.25, 0.3) is 11.3 Å². The first-order chi connectivity index (χ1) is 7.09. The van der Waals surface area contributed by atoms with Crippen molar-refractivity contribution >= 4 is 27.4 Å². The second-order valence-electron chi connectivity index (χ2n) is 3.28. The highest BCUT2D eigenvalue weighted by Gasteiger charge is 2.11. The molecule has 0 amide bonds. The zero-order chi connectivity index (χ0) is 11.0. The van der Waals surface area contributed by atoms with E-state index < -0.39 is 0 Å². The minimum atomic E-state index is 0.493. The van der Waals surface area contributed by atoms with E-state index >= 15 is 0 Å². The van der Waals surface area contributed by atoms with Crippen molar-refractivity contribution in [1.82, 2.24) is 9.78 Å². The molecular formula is C10H11BrN4. The lowest BCUT2D eigenvalue weighted by Crippen LogP contribution is -1.98. The third kappa shape index (κ3) is 1.70. The molecule has 2 rings (SSSR count). The Kier molecular flexibility index (Phi) is 2.40. The van der Waals surface area contributed by atoms with Gasteiger partial charge in [-0.3, -0.25) is 4.68 Å². The number of aryl methyl sites for hydroxylation is 1. The molecule has 5 heteroatoms. The minimum Gasteiger partial charge on any atom is -0.394 e. The maximum absolute atomic E-state index is 5.85. The normalized spacial score (nSPS) is 10.5. The van der Waals surface area contributed by atoms with E-state index in [-0.39, 0.29) is 0 Å². The van der Waals surface area contributed by atoms with E-state index in [0.29, 0.717) is 11.5 Å². The number of hydrogen-bond donors (Lipinski definition) is 2. The molecule has 0 aliphatic carbocycles. The van der Waals surface area contributed by atoms with Gasteiger partial charge in [-0.1, -0.05) is 28.1 Å².